The van der Waals surface area contributed by atoms with Gasteiger partial charge in [0, 0.05) is 68.5 Å². The molecule has 0 saturated carbocycles. The van der Waals surface area contributed by atoms with Gasteiger partial charge in [0.05, 0.1) is 11.4 Å². The number of piperazine rings is 1. The van der Waals surface area contributed by atoms with Gasteiger partial charge in [0.25, 0.3) is 5.91 Å². The van der Waals surface area contributed by atoms with Crippen molar-refractivity contribution in [2.45, 2.75) is 69.6 Å². The number of benzene rings is 3. The summed E-state index contributed by atoms with van der Waals surface area (Å²) < 4.78 is 8.16. The maximum Gasteiger partial charge on any atom is 0.255 e. The van der Waals surface area contributed by atoms with Crippen LogP contribution >= 0.6 is 0 Å². The van der Waals surface area contributed by atoms with Gasteiger partial charge in [-0.3, -0.25) is 29.5 Å². The van der Waals surface area contributed by atoms with Crippen LogP contribution in [0.25, 0.3) is 22.3 Å². The molecule has 5 aliphatic rings. The third-order valence-corrected chi connectivity index (χ3v) is 13.7. The van der Waals surface area contributed by atoms with Crippen molar-refractivity contribution in [2.24, 2.45) is 0 Å². The van der Waals surface area contributed by atoms with Crippen LogP contribution < -0.4 is 20.7 Å². The van der Waals surface area contributed by atoms with Crippen molar-refractivity contribution in [3.63, 3.8) is 0 Å². The minimum atomic E-state index is -0.590. The van der Waals surface area contributed by atoms with Gasteiger partial charge in [0.2, 0.25) is 11.8 Å². The molecule has 0 spiro atoms. The Kier molecular flexibility index (Phi) is 11.3. The van der Waals surface area contributed by atoms with Gasteiger partial charge in [-0.15, -0.1) is 0 Å². The van der Waals surface area contributed by atoms with Crippen molar-refractivity contribution >= 4 is 40.3 Å². The first-order valence-electron chi connectivity index (χ1n) is 22.4. The monoisotopic (exact) mass is 837 g/mol. The third kappa shape index (κ3) is 8.24. The molecule has 0 aliphatic carbocycles. The van der Waals surface area contributed by atoms with Gasteiger partial charge in [-0.2, -0.15) is 5.10 Å². The fourth-order valence-corrected chi connectivity index (χ4v) is 10.3. The lowest BCUT2D eigenvalue weighted by Gasteiger charge is -2.42. The van der Waals surface area contributed by atoms with E-state index in [9.17, 15) is 14.4 Å². The van der Waals surface area contributed by atoms with Crippen LogP contribution in [0.1, 0.15) is 66.9 Å². The second kappa shape index (κ2) is 17.5. The molecule has 2 unspecified atom stereocenters. The van der Waals surface area contributed by atoms with Crippen molar-refractivity contribution in [3.05, 3.63) is 90.3 Å². The summed E-state index contributed by atoms with van der Waals surface area (Å²) in [5.41, 5.74) is 11.8. The Morgan fingerprint density at radius 1 is 0.774 bits per heavy atom. The predicted octanol–water partition coefficient (Wildman–Crippen LogP) is 4.94. The second-order valence-corrected chi connectivity index (χ2v) is 17.5. The number of anilines is 2. The third-order valence-electron chi connectivity index (χ3n) is 13.7. The van der Waals surface area contributed by atoms with Gasteiger partial charge in [-0.25, -0.2) is 14.6 Å². The van der Waals surface area contributed by atoms with Gasteiger partial charge >= 0.3 is 0 Å². The topological polar surface area (TPSA) is 158 Å². The molecule has 62 heavy (non-hydrogen) atoms. The van der Waals surface area contributed by atoms with Gasteiger partial charge in [-0.1, -0.05) is 18.2 Å². The summed E-state index contributed by atoms with van der Waals surface area (Å²) in [6.45, 7) is 10.9. The van der Waals surface area contributed by atoms with Gasteiger partial charge in [0.15, 0.2) is 5.65 Å². The summed E-state index contributed by atoms with van der Waals surface area (Å²) in [5.74, 6) is 1.23. The minimum Gasteiger partial charge on any atom is -0.457 e. The van der Waals surface area contributed by atoms with E-state index >= 15 is 0 Å². The Labute approximate surface area is 361 Å². The van der Waals surface area contributed by atoms with Crippen molar-refractivity contribution in [3.8, 4) is 22.8 Å². The molecule has 15 nitrogen and oxygen atoms in total. The normalized spacial score (nSPS) is 22.0. The minimum absolute atomic E-state index is 0.125. The molecule has 15 heteroatoms. The van der Waals surface area contributed by atoms with Crippen LogP contribution in [0.2, 0.25) is 0 Å². The maximum atomic E-state index is 13.2. The molecule has 0 radical (unpaired) electrons. The van der Waals surface area contributed by atoms with Crippen LogP contribution in [0.5, 0.6) is 11.5 Å². The summed E-state index contributed by atoms with van der Waals surface area (Å²) in [6.07, 6.45) is 7.88. The van der Waals surface area contributed by atoms with Crippen LogP contribution in [0, 0.1) is 0 Å². The Morgan fingerprint density at radius 2 is 1.53 bits per heavy atom. The molecule has 3 amide bonds. The van der Waals surface area contributed by atoms with E-state index in [1.165, 1.54) is 12.8 Å². The number of piperidine rings is 3. The lowest BCUT2D eigenvalue weighted by atomic mass is 9.98. The van der Waals surface area contributed by atoms with Crippen LogP contribution in [-0.2, 0) is 16.1 Å². The number of likely N-dealkylation sites (tertiary alicyclic amines) is 2. The number of hydrogen-bond acceptors (Lipinski definition) is 12. The largest absolute Gasteiger partial charge is 0.457 e. The number of fused-ring (bicyclic) bond motifs is 2. The van der Waals surface area contributed by atoms with Crippen molar-refractivity contribution in [2.75, 3.05) is 76.1 Å². The number of nitrogen functional groups attached to an aromatic ring is 1. The number of carbonyl (C=O) groups is 3. The number of ether oxygens (including phenoxy) is 1. The number of hydrogen-bond donors (Lipinski definition) is 2. The van der Waals surface area contributed by atoms with Crippen LogP contribution in [0.15, 0.2) is 79.1 Å². The van der Waals surface area contributed by atoms with Crippen LogP contribution in [0.4, 0.5) is 11.5 Å². The zero-order valence-corrected chi connectivity index (χ0v) is 35.2. The van der Waals surface area contributed by atoms with E-state index in [1.807, 2.05) is 66.7 Å². The summed E-state index contributed by atoms with van der Waals surface area (Å²) in [7, 11) is 0. The molecule has 4 saturated heterocycles. The first-order valence-corrected chi connectivity index (χ1v) is 22.4. The van der Waals surface area contributed by atoms with Crippen molar-refractivity contribution in [1.82, 2.24) is 44.7 Å². The number of aromatic nitrogens is 4. The smallest absolute Gasteiger partial charge is 0.255 e. The Hall–Kier alpha value is -5.90. The zero-order chi connectivity index (χ0) is 42.2. The Morgan fingerprint density at radius 3 is 2.31 bits per heavy atom. The lowest BCUT2D eigenvalue weighted by Crippen LogP contribution is -2.52. The molecule has 0 bridgehead atoms. The number of imide groups is 1. The molecule has 7 heterocycles. The fraction of sp³-hybridized carbons (Fsp3) is 0.447. The lowest BCUT2D eigenvalue weighted by molar-refractivity contribution is -0.136. The van der Waals surface area contributed by atoms with Crippen LogP contribution in [-0.4, -0.2) is 135 Å². The molecule has 2 aromatic heterocycles. The van der Waals surface area contributed by atoms with Gasteiger partial charge in [0.1, 0.15) is 35.4 Å². The fourth-order valence-electron chi connectivity index (χ4n) is 10.3. The van der Waals surface area contributed by atoms with E-state index in [-0.39, 0.29) is 30.2 Å². The first kappa shape index (κ1) is 40.2. The summed E-state index contributed by atoms with van der Waals surface area (Å²) in [4.78, 5) is 58.3. The van der Waals surface area contributed by atoms with E-state index in [2.05, 4.69) is 40.6 Å². The summed E-state index contributed by atoms with van der Waals surface area (Å²) in [6, 6.07) is 24.0. The highest BCUT2D eigenvalue weighted by molar-refractivity contribution is 6.05. The van der Waals surface area contributed by atoms with E-state index in [0.29, 0.717) is 30.4 Å². The van der Waals surface area contributed by atoms with Gasteiger partial charge < -0.3 is 25.2 Å². The second-order valence-electron chi connectivity index (χ2n) is 17.5. The van der Waals surface area contributed by atoms with Crippen LogP contribution in [0.3, 0.4) is 0 Å². The summed E-state index contributed by atoms with van der Waals surface area (Å²) in [5, 5.41) is 8.39. The van der Waals surface area contributed by atoms with E-state index < -0.39 is 6.04 Å². The Bertz CT molecular complexity index is 2430. The number of para-hydroxylation sites is 1. The molecule has 10 rings (SSSR count). The molecule has 3 aromatic carbocycles. The quantitative estimate of drug-likeness (QED) is 0.173. The standard InChI is InChI=1S/C47H55N11O4/c48-44-42-43(32-9-12-38(13-10-32)62-37-7-2-1-3-8-37)52-58(45(42)50-31-49-44)36-6-4-21-56(30-36)34-17-22-53(23-18-34)19-5-20-54-24-26-55(27-25-54)35-11-14-39-33(28-35)29-57(47(39)61)40-15-16-41(59)51-46(40)60/h1-3,7-14,28,31,34,36,40H,4-6,15-27,29-30H2,(H2,48,49,50)(H,51,59,60). The number of carbonyl (C=O) groups excluding carboxylic acids is 3. The summed E-state index contributed by atoms with van der Waals surface area (Å²) >= 11 is 0. The SMILES string of the molecule is Nc1ncnc2c1c(-c1ccc(Oc3ccccc3)cc1)nn2C1CCCN(C2CCN(CCCN3CCN(c4ccc5c(c4)CN(C4CCC(=O)NC4=O)C5=O)CC3)CC2)C1. The molecule has 3 N–H and O–H groups in total. The molecule has 4 fully saturated rings. The number of nitrogens with one attached hydrogen (secondary N) is 1. The number of rotatable bonds is 11. The highest BCUT2D eigenvalue weighted by Crippen LogP contribution is 2.36. The first-order chi connectivity index (χ1) is 30.3. The van der Waals surface area contributed by atoms with E-state index in [4.69, 9.17) is 20.6 Å². The zero-order valence-electron chi connectivity index (χ0n) is 35.2. The maximum absolute atomic E-state index is 13.2. The average molecular weight is 838 g/mol. The highest BCUT2D eigenvalue weighted by atomic mass is 16.5. The number of nitrogens with zero attached hydrogens (tertiary/aromatic N) is 9. The molecular weight excluding hydrogens is 783 g/mol. The van der Waals surface area contributed by atoms with E-state index in [1.54, 1.807) is 11.2 Å². The number of nitrogens with two attached hydrogens (primary N) is 1. The highest BCUT2D eigenvalue weighted by Gasteiger charge is 2.39. The average Bonchev–Trinajstić information content (AvgIpc) is 3.86. The number of amides is 3. The van der Waals surface area contributed by atoms with Crippen molar-refractivity contribution in [1.29, 1.82) is 0 Å². The van der Waals surface area contributed by atoms with E-state index in [0.717, 1.165) is 130 Å². The molecule has 5 aromatic rings. The molecular formula is C47H55N11O4. The molecule has 5 aliphatic heterocycles. The van der Waals surface area contributed by atoms with Gasteiger partial charge in [-0.05, 0) is 131 Å². The Balaban J connectivity index is 0.687. The van der Waals surface area contributed by atoms with Crippen molar-refractivity contribution < 1.29 is 19.1 Å². The predicted molar refractivity (Wildman–Crippen MR) is 237 cm³/mol. The molecule has 322 valence electrons. The molecule has 2 atom stereocenters.